The van der Waals surface area contributed by atoms with Crippen LogP contribution in [0.4, 0.5) is 0 Å². The van der Waals surface area contributed by atoms with Gasteiger partial charge in [0, 0.05) is 11.4 Å². The maximum absolute atomic E-state index is 11.7. The highest BCUT2D eigenvalue weighted by Gasteiger charge is 2.21. The number of nitrogens with zero attached hydrogens (tertiary/aromatic N) is 3. The molecule has 2 N–H and O–H groups in total. The molecular formula is C22H14N4O2. The highest BCUT2D eigenvalue weighted by Crippen LogP contribution is 2.25. The monoisotopic (exact) mass is 366 g/mol. The van der Waals surface area contributed by atoms with E-state index in [1.54, 1.807) is 18.2 Å². The second-order valence-electron chi connectivity index (χ2n) is 6.46. The number of aliphatic hydroxyl groups excluding tert-OH is 1. The molecule has 0 amide bonds. The number of aromatic amines is 1. The lowest BCUT2D eigenvalue weighted by Crippen LogP contribution is -2.07. The number of allylic oxidation sites excluding steroid dienone is 8. The van der Waals surface area contributed by atoms with Crippen molar-refractivity contribution in [3.63, 3.8) is 0 Å². The van der Waals surface area contributed by atoms with E-state index in [0.29, 0.717) is 34.0 Å². The van der Waals surface area contributed by atoms with E-state index in [-0.39, 0.29) is 0 Å². The molecule has 6 heteroatoms. The third-order valence-electron chi connectivity index (χ3n) is 4.65. The number of H-pyrrole nitrogens is 1. The minimum absolute atomic E-state index is 0.395. The van der Waals surface area contributed by atoms with E-state index in [2.05, 4.69) is 20.0 Å². The van der Waals surface area contributed by atoms with Gasteiger partial charge in [0.2, 0.25) is 0 Å². The lowest BCUT2D eigenvalue weighted by molar-refractivity contribution is -0.104. The molecule has 0 atom stereocenters. The van der Waals surface area contributed by atoms with Gasteiger partial charge >= 0.3 is 0 Å². The Morgan fingerprint density at radius 2 is 1.39 bits per heavy atom. The minimum atomic E-state index is 0.395. The molecule has 0 saturated carbocycles. The number of fused-ring (bicyclic) bond motifs is 5. The van der Waals surface area contributed by atoms with Crippen LogP contribution >= 0.6 is 0 Å². The fourth-order valence-electron chi connectivity index (χ4n) is 3.31. The predicted octanol–water partition coefficient (Wildman–Crippen LogP) is 3.64. The van der Waals surface area contributed by atoms with Crippen LogP contribution in [0.5, 0.6) is 0 Å². The van der Waals surface area contributed by atoms with Gasteiger partial charge in [0.1, 0.15) is 0 Å². The third kappa shape index (κ3) is 2.68. The molecule has 0 fully saturated rings. The number of carbonyl (C=O) groups is 1. The Hall–Kier alpha value is -4.06. The average Bonchev–Trinajstić information content (AvgIpc) is 3.46. The number of hydrogen-bond acceptors (Lipinski definition) is 5. The van der Waals surface area contributed by atoms with Crippen molar-refractivity contribution in [2.75, 3.05) is 0 Å². The largest absolute Gasteiger partial charge is 0.515 e. The topological polar surface area (TPSA) is 90.2 Å². The first-order chi connectivity index (χ1) is 13.7. The van der Waals surface area contributed by atoms with Gasteiger partial charge in [-0.25, -0.2) is 15.0 Å². The van der Waals surface area contributed by atoms with Crippen LogP contribution in [0.1, 0.15) is 11.4 Å². The normalized spacial score (nSPS) is 21.0. The van der Waals surface area contributed by atoms with E-state index in [9.17, 15) is 9.90 Å². The molecule has 28 heavy (non-hydrogen) atoms. The zero-order chi connectivity index (χ0) is 19.1. The van der Waals surface area contributed by atoms with Gasteiger partial charge in [0.15, 0.2) is 6.29 Å². The maximum atomic E-state index is 11.7. The van der Waals surface area contributed by atoms with E-state index in [0.717, 1.165) is 35.3 Å². The second kappa shape index (κ2) is 6.28. The fourth-order valence-corrected chi connectivity index (χ4v) is 3.31. The van der Waals surface area contributed by atoms with Crippen LogP contribution < -0.4 is 0 Å². The van der Waals surface area contributed by atoms with Crippen LogP contribution in [-0.2, 0) is 4.79 Å². The van der Waals surface area contributed by atoms with Crippen molar-refractivity contribution < 1.29 is 9.90 Å². The van der Waals surface area contributed by atoms with Crippen LogP contribution in [0.2, 0.25) is 0 Å². The number of aromatic nitrogens is 1. The van der Waals surface area contributed by atoms with Crippen LogP contribution in [-0.4, -0.2) is 33.5 Å². The van der Waals surface area contributed by atoms with Gasteiger partial charge < -0.3 is 10.1 Å². The molecule has 4 aliphatic rings. The smallest absolute Gasteiger partial charge is 0.154 e. The summed E-state index contributed by atoms with van der Waals surface area (Å²) < 4.78 is 0. The number of aldehydes is 1. The Bertz CT molecular complexity index is 1220. The molecule has 0 aliphatic carbocycles. The summed E-state index contributed by atoms with van der Waals surface area (Å²) in [6.45, 7) is 0. The number of hydrogen-bond donors (Lipinski definition) is 2. The summed E-state index contributed by atoms with van der Waals surface area (Å²) >= 11 is 0. The van der Waals surface area contributed by atoms with Crippen molar-refractivity contribution in [3.05, 3.63) is 94.5 Å². The van der Waals surface area contributed by atoms with Gasteiger partial charge in [-0.1, -0.05) is 0 Å². The molecule has 8 bridgehead atoms. The van der Waals surface area contributed by atoms with Gasteiger partial charge in [0.05, 0.1) is 51.6 Å². The predicted molar refractivity (Wildman–Crippen MR) is 110 cm³/mol. The Kier molecular flexibility index (Phi) is 3.62. The molecule has 1 aromatic heterocycles. The standard InChI is InChI=1S/C22H14N4O2/c27-11-17-19-5-3-15(24-19)9-13-1-2-14(23-13)10-16-4-6-20(25-16)18(12-28)22-8-7-21(17)26-22/h1-12,23,27H/b15-9?,16-10?,17-11+,22-18?. The summed E-state index contributed by atoms with van der Waals surface area (Å²) in [5.74, 6) is 0. The lowest BCUT2D eigenvalue weighted by atomic mass is 10.1. The average molecular weight is 366 g/mol. The van der Waals surface area contributed by atoms with Gasteiger partial charge in [0.25, 0.3) is 0 Å². The first-order valence-electron chi connectivity index (χ1n) is 8.71. The van der Waals surface area contributed by atoms with E-state index >= 15 is 0 Å². The first-order valence-corrected chi connectivity index (χ1v) is 8.71. The van der Waals surface area contributed by atoms with Crippen molar-refractivity contribution in [2.24, 2.45) is 15.0 Å². The quantitative estimate of drug-likeness (QED) is 0.587. The third-order valence-corrected chi connectivity index (χ3v) is 4.65. The van der Waals surface area contributed by atoms with Crippen LogP contribution in [0, 0.1) is 0 Å². The Balaban J connectivity index is 1.73. The van der Waals surface area contributed by atoms with Gasteiger partial charge in [-0.2, -0.15) is 0 Å². The van der Waals surface area contributed by atoms with Crippen molar-refractivity contribution in [2.45, 2.75) is 0 Å². The molecule has 134 valence electrons. The van der Waals surface area contributed by atoms with Crippen molar-refractivity contribution in [3.8, 4) is 0 Å². The summed E-state index contributed by atoms with van der Waals surface area (Å²) in [5.41, 5.74) is 6.37. The summed E-state index contributed by atoms with van der Waals surface area (Å²) in [6.07, 6.45) is 16.4. The highest BCUT2D eigenvalue weighted by atomic mass is 16.2. The molecule has 4 aliphatic heterocycles. The highest BCUT2D eigenvalue weighted by molar-refractivity contribution is 6.33. The maximum Gasteiger partial charge on any atom is 0.154 e. The Morgan fingerprint density at radius 3 is 2.07 bits per heavy atom. The molecule has 0 radical (unpaired) electrons. The molecule has 1 aromatic rings. The summed E-state index contributed by atoms with van der Waals surface area (Å²) in [7, 11) is 0. The van der Waals surface area contributed by atoms with Crippen molar-refractivity contribution >= 4 is 35.6 Å². The molecule has 0 unspecified atom stereocenters. The van der Waals surface area contributed by atoms with Gasteiger partial charge in [-0.3, -0.25) is 4.79 Å². The first kappa shape index (κ1) is 16.1. The number of rotatable bonds is 1. The van der Waals surface area contributed by atoms with E-state index in [4.69, 9.17) is 0 Å². The molecule has 5 heterocycles. The SMILES string of the molecule is O=CC1=C2C=CC(=N2)/C(=C/O)C2=NC(=Cc3ccc([nH]3)C=C3C=CC1=N3)C=C2. The molecule has 6 nitrogen and oxygen atoms in total. The molecular weight excluding hydrogens is 352 g/mol. The van der Waals surface area contributed by atoms with Crippen molar-refractivity contribution in [1.29, 1.82) is 0 Å². The van der Waals surface area contributed by atoms with E-state index in [1.165, 1.54) is 0 Å². The van der Waals surface area contributed by atoms with E-state index in [1.807, 2.05) is 42.5 Å². The second-order valence-corrected chi connectivity index (χ2v) is 6.46. The zero-order valence-corrected chi connectivity index (χ0v) is 14.6. The number of nitrogens with one attached hydrogen (secondary N) is 1. The van der Waals surface area contributed by atoms with Crippen LogP contribution in [0.25, 0.3) is 12.2 Å². The number of aliphatic hydroxyl groups is 1. The van der Waals surface area contributed by atoms with Crippen LogP contribution in [0.15, 0.2) is 98.1 Å². The molecule has 0 aromatic carbocycles. The van der Waals surface area contributed by atoms with Crippen molar-refractivity contribution in [1.82, 2.24) is 4.98 Å². The minimum Gasteiger partial charge on any atom is -0.515 e. The number of carbonyl (C=O) groups excluding carboxylic acids is 1. The fraction of sp³-hybridized carbons (Fsp3) is 0. The molecule has 5 rings (SSSR count). The summed E-state index contributed by atoms with van der Waals surface area (Å²) in [5, 5.41) is 9.78. The lowest BCUT2D eigenvalue weighted by Gasteiger charge is -2.03. The van der Waals surface area contributed by atoms with Gasteiger partial charge in [-0.05, 0) is 60.7 Å². The Morgan fingerprint density at radius 1 is 0.786 bits per heavy atom. The van der Waals surface area contributed by atoms with E-state index < -0.39 is 0 Å². The van der Waals surface area contributed by atoms with Crippen LogP contribution in [0.3, 0.4) is 0 Å². The molecule has 0 spiro atoms. The summed E-state index contributed by atoms with van der Waals surface area (Å²) in [4.78, 5) is 28.7. The van der Waals surface area contributed by atoms with Gasteiger partial charge in [-0.15, -0.1) is 0 Å². The zero-order valence-electron chi connectivity index (χ0n) is 14.6. The number of aliphatic imine (C=N–C) groups is 3. The summed E-state index contributed by atoms with van der Waals surface area (Å²) in [6, 6.07) is 3.91. The molecule has 0 saturated heterocycles. The Labute approximate surface area is 160 Å².